The molecule has 0 aromatic heterocycles. The minimum atomic E-state index is -0.415. The van der Waals surface area contributed by atoms with E-state index in [-0.39, 0.29) is 90.9 Å². The van der Waals surface area contributed by atoms with Crippen LogP contribution in [0.5, 0.6) is 0 Å². The molecular formula is C99H166O13. The Morgan fingerprint density at radius 3 is 1.43 bits per heavy atom. The number of esters is 6. The van der Waals surface area contributed by atoms with Gasteiger partial charge in [0.05, 0.1) is 38.6 Å². The van der Waals surface area contributed by atoms with Crippen molar-refractivity contribution in [3.8, 4) is 0 Å². The second-order valence-corrected chi connectivity index (χ2v) is 44.7. The number of hydrogen-bond donors (Lipinski definition) is 0. The summed E-state index contributed by atoms with van der Waals surface area (Å²) < 4.78 is 41.7. The molecular weight excluding hydrogens is 1400 g/mol. The number of hydrogen-bond acceptors (Lipinski definition) is 13. The predicted octanol–water partition coefficient (Wildman–Crippen LogP) is 25.0. The Balaban J connectivity index is 0.000000143. The van der Waals surface area contributed by atoms with Gasteiger partial charge < -0.3 is 33.2 Å². The van der Waals surface area contributed by atoms with Gasteiger partial charge in [-0.1, -0.05) is 79.7 Å². The number of carbonyl (C=O) groups excluding carboxylic acids is 6. The maximum absolute atomic E-state index is 12.5. The van der Waals surface area contributed by atoms with Crippen LogP contribution in [0, 0.1) is 133 Å². The van der Waals surface area contributed by atoms with Crippen LogP contribution in [0.3, 0.4) is 0 Å². The zero-order chi connectivity index (χ0) is 82.2. The average molecular weight is 1560 g/mol. The van der Waals surface area contributed by atoms with E-state index in [4.69, 9.17) is 33.2 Å². The van der Waals surface area contributed by atoms with Crippen molar-refractivity contribution in [2.24, 2.45) is 133 Å². The van der Waals surface area contributed by atoms with Crippen molar-refractivity contribution in [1.29, 1.82) is 0 Å². The van der Waals surface area contributed by atoms with Gasteiger partial charge in [-0.05, 0) is 419 Å². The van der Waals surface area contributed by atoms with Gasteiger partial charge in [0.15, 0.2) is 6.29 Å². The lowest BCUT2D eigenvalue weighted by Gasteiger charge is -2.43. The third-order valence-electron chi connectivity index (χ3n) is 34.4. The molecule has 13 heteroatoms. The van der Waals surface area contributed by atoms with Crippen molar-refractivity contribution >= 4 is 35.8 Å². The van der Waals surface area contributed by atoms with E-state index in [1.54, 1.807) is 0 Å². The molecule has 15 rings (SSSR count). The van der Waals surface area contributed by atoms with Crippen LogP contribution in [-0.2, 0) is 61.9 Å². The van der Waals surface area contributed by atoms with Crippen LogP contribution in [0.2, 0.25) is 0 Å². The van der Waals surface area contributed by atoms with Gasteiger partial charge in [-0.2, -0.15) is 0 Å². The summed E-state index contributed by atoms with van der Waals surface area (Å²) in [5.74, 6) is 13.6. The quantitative estimate of drug-likeness (QED) is 0.0312. The van der Waals surface area contributed by atoms with Gasteiger partial charge in [0.1, 0.15) is 28.0 Å². The number of carbonyl (C=O) groups is 6. The monoisotopic (exact) mass is 1560 g/mol. The zero-order valence-corrected chi connectivity index (χ0v) is 75.8. The molecule has 14 saturated carbocycles. The summed E-state index contributed by atoms with van der Waals surface area (Å²) in [4.78, 5) is 73.7. The Hall–Kier alpha value is -3.48. The normalized spacial score (nSPS) is 35.9. The fourth-order valence-electron chi connectivity index (χ4n) is 24.3. The first kappa shape index (κ1) is 90.8. The smallest absolute Gasteiger partial charge is 0.313 e. The first-order chi connectivity index (χ1) is 52.4. The van der Waals surface area contributed by atoms with E-state index in [1.165, 1.54) is 161 Å². The number of ether oxygens (including phenoxy) is 7. The van der Waals surface area contributed by atoms with Gasteiger partial charge in [0.2, 0.25) is 0 Å². The molecule has 640 valence electrons. The van der Waals surface area contributed by atoms with Crippen molar-refractivity contribution in [3.63, 3.8) is 0 Å². The molecule has 0 aromatic rings. The minimum Gasteiger partial charge on any atom is -0.459 e. The number of rotatable bonds is 23. The van der Waals surface area contributed by atoms with Gasteiger partial charge in [0.25, 0.3) is 0 Å². The molecule has 0 aromatic carbocycles. The summed E-state index contributed by atoms with van der Waals surface area (Å²) in [6.45, 7) is 46.6. The number of allylic oxidation sites excluding steroid dienone is 1. The molecule has 112 heavy (non-hydrogen) atoms. The lowest BCUT2D eigenvalue weighted by atomic mass is 9.70. The molecule has 15 aliphatic carbocycles. The Morgan fingerprint density at radius 1 is 0.393 bits per heavy atom. The number of fused-ring (bicyclic) bond motifs is 18. The fraction of sp³-hybridized carbons (Fsp3) is 0.919. The van der Waals surface area contributed by atoms with E-state index in [2.05, 4.69) is 53.7 Å². The maximum atomic E-state index is 12.5. The van der Waals surface area contributed by atoms with Crippen LogP contribution in [0.1, 0.15) is 403 Å². The largest absolute Gasteiger partial charge is 0.459 e. The summed E-state index contributed by atoms with van der Waals surface area (Å²) in [5.41, 5.74) is -3.10. The molecule has 0 heterocycles. The molecule has 0 saturated heterocycles. The topological polar surface area (TPSA) is 167 Å². The van der Waals surface area contributed by atoms with E-state index in [1.807, 2.05) is 118 Å². The van der Waals surface area contributed by atoms with Gasteiger partial charge in [-0.3, -0.25) is 28.8 Å². The van der Waals surface area contributed by atoms with Gasteiger partial charge in [-0.15, -0.1) is 0 Å². The summed E-state index contributed by atoms with van der Waals surface area (Å²) in [5, 5.41) is 0. The summed E-state index contributed by atoms with van der Waals surface area (Å²) in [6.07, 6.45) is 50.1. The molecule has 0 radical (unpaired) electrons. The van der Waals surface area contributed by atoms with Crippen molar-refractivity contribution in [3.05, 3.63) is 12.2 Å². The second-order valence-electron chi connectivity index (χ2n) is 44.7. The van der Waals surface area contributed by atoms with Crippen LogP contribution >= 0.6 is 0 Å². The maximum Gasteiger partial charge on any atom is 0.313 e. The van der Waals surface area contributed by atoms with Crippen LogP contribution in [0.25, 0.3) is 0 Å². The third kappa shape index (κ3) is 20.2. The van der Waals surface area contributed by atoms with Crippen molar-refractivity contribution in [2.45, 2.75) is 444 Å². The molecule has 0 N–H and O–H groups in total. The Morgan fingerprint density at radius 2 is 0.911 bits per heavy atom. The van der Waals surface area contributed by atoms with Gasteiger partial charge in [-0.25, -0.2) is 0 Å². The summed E-state index contributed by atoms with van der Waals surface area (Å²) >= 11 is 0. The van der Waals surface area contributed by atoms with E-state index in [0.717, 1.165) is 154 Å². The molecule has 0 spiro atoms. The Labute approximate surface area is 683 Å². The molecule has 15 aliphatic rings. The Bertz CT molecular complexity index is 3210. The standard InChI is InChI=1S/C20H32O3.C17H28O2.C17H30O2.C16H28O2.C15H24O2.C14H24O2/c1-5-20(3,4)19(21)23-11(2)22-16-10-14-9-15(16)18-13-7-6-12(8-13)17(14)18;1-5-16(2,3)15(18)19-17(4)10-11-9-14(17)13-8-6-7-12(11)13;1-4-16(2,3)15(18)19-17(12-8-5-9-13-17)14-10-6-7-11-14;1-6-15(2,3)14(17)18-16(4,5)13-10-11-7-8-12(13)9-11;1-4-14(2,3)13(16)17-15(12-8-9-12)10-6-5-7-11-15;1-5-13(2,3)12(15)16-14(4)9-10-6-7-11(14)8-10/h11-18H,5-10H2,1-4H3;11-14H,5-10H2,1-4H3;14H,4-13H2,1-3H3;11-13H,6-10H2,1-5H3;6,10,12H,4-5,7-9,11H2,1-3H3;10-11H,5-9H2,1-4H3/t;11-,12?,13?,14-,17+;;;;10-,11+,14+/m.0...0/s1. The highest BCUT2D eigenvalue weighted by Gasteiger charge is 2.64. The highest BCUT2D eigenvalue weighted by Crippen LogP contribution is 2.69. The zero-order valence-electron chi connectivity index (χ0n) is 75.8. The fourth-order valence-corrected chi connectivity index (χ4v) is 24.3. The van der Waals surface area contributed by atoms with Crippen LogP contribution < -0.4 is 0 Å². The third-order valence-corrected chi connectivity index (χ3v) is 34.4. The van der Waals surface area contributed by atoms with Crippen molar-refractivity contribution < 1.29 is 61.9 Å². The van der Waals surface area contributed by atoms with E-state index >= 15 is 0 Å². The highest BCUT2D eigenvalue weighted by molar-refractivity contribution is 5.79. The van der Waals surface area contributed by atoms with Crippen LogP contribution in [0.4, 0.5) is 0 Å². The molecule has 10 bridgehead atoms. The molecule has 13 nitrogen and oxygen atoms in total. The van der Waals surface area contributed by atoms with Crippen LogP contribution in [-0.4, -0.2) is 76.2 Å². The minimum absolute atomic E-state index is 0.00921. The van der Waals surface area contributed by atoms with Crippen LogP contribution in [0.15, 0.2) is 12.2 Å². The lowest BCUT2D eigenvalue weighted by Crippen LogP contribution is -2.46. The lowest BCUT2D eigenvalue weighted by molar-refractivity contribution is -0.202. The average Bonchev–Trinajstić information content (AvgIpc) is 1.57. The van der Waals surface area contributed by atoms with Crippen molar-refractivity contribution in [1.82, 2.24) is 0 Å². The predicted molar refractivity (Wildman–Crippen MR) is 448 cm³/mol. The molecule has 14 unspecified atom stereocenters. The SMILES string of the molecule is CCC(C)(C)C(=O)OC(C)(C)C1CC2CCC1C2.CCC(C)(C)C(=O)OC(C)OC1CC2CC1C1C3CCC(C3)C21.CCC(C)(C)C(=O)OC1(C2CC2)C=CCCC1.CCC(C)(C)C(=O)OC1(C2CCCC2)CCCCC1.CCC(C)(C)C(=O)O[C@]1(C)C[C@@H]2C[C@H]1C1CCCC12.CCC(C)(C)C(=O)O[C@]1(C)C[C@H]2CC[C@@H]1C2. The van der Waals surface area contributed by atoms with E-state index in [9.17, 15) is 28.8 Å². The van der Waals surface area contributed by atoms with E-state index in [0.29, 0.717) is 35.7 Å². The molecule has 0 aliphatic heterocycles. The van der Waals surface area contributed by atoms with Crippen molar-refractivity contribution in [2.75, 3.05) is 0 Å². The first-order valence-electron chi connectivity index (χ1n) is 47.1. The molecule has 14 fully saturated rings. The molecule has 0 amide bonds. The summed E-state index contributed by atoms with van der Waals surface area (Å²) in [7, 11) is 0. The molecule has 20 atom stereocenters. The van der Waals surface area contributed by atoms with E-state index < -0.39 is 11.7 Å². The van der Waals surface area contributed by atoms with Gasteiger partial charge in [0, 0.05) is 17.8 Å². The summed E-state index contributed by atoms with van der Waals surface area (Å²) in [6, 6.07) is 0. The van der Waals surface area contributed by atoms with Gasteiger partial charge >= 0.3 is 35.8 Å². The highest BCUT2D eigenvalue weighted by atomic mass is 16.7. The second kappa shape index (κ2) is 35.8. The Kier molecular flexibility index (Phi) is 29.1. The first-order valence-corrected chi connectivity index (χ1v) is 47.1.